The molecule has 0 fully saturated rings. The zero-order valence-corrected chi connectivity index (χ0v) is 17.0. The molecule has 0 spiro atoms. The first-order valence-electron chi connectivity index (χ1n) is 9.65. The van der Waals surface area contributed by atoms with Gasteiger partial charge in [-0.15, -0.1) is 0 Å². The minimum Gasteiger partial charge on any atom is -0.508 e. The fourth-order valence-electron chi connectivity index (χ4n) is 3.26. The summed E-state index contributed by atoms with van der Waals surface area (Å²) < 4.78 is 39.9. The van der Waals surface area contributed by atoms with Crippen molar-refractivity contribution in [1.29, 1.82) is 0 Å². The first-order valence-corrected chi connectivity index (χ1v) is 9.65. The summed E-state index contributed by atoms with van der Waals surface area (Å²) in [6.07, 6.45) is -1.88. The van der Waals surface area contributed by atoms with Crippen LogP contribution in [0.25, 0.3) is 5.69 Å². The van der Waals surface area contributed by atoms with E-state index in [1.54, 1.807) is 29.9 Å². The maximum atomic E-state index is 12.8. The van der Waals surface area contributed by atoms with Gasteiger partial charge in [0.1, 0.15) is 5.75 Å². The van der Waals surface area contributed by atoms with E-state index in [-0.39, 0.29) is 23.9 Å². The maximum absolute atomic E-state index is 12.8. The first-order chi connectivity index (χ1) is 14.1. The molecular weight excluding hydrogens is 393 g/mol. The van der Waals surface area contributed by atoms with Crippen molar-refractivity contribution in [2.24, 2.45) is 0 Å². The summed E-state index contributed by atoms with van der Waals surface area (Å²) in [6, 6.07) is 9.59. The molecule has 1 aromatic heterocycles. The van der Waals surface area contributed by atoms with Crippen molar-refractivity contribution in [3.63, 3.8) is 0 Å². The second-order valence-corrected chi connectivity index (χ2v) is 7.61. The summed E-state index contributed by atoms with van der Waals surface area (Å²) in [5, 5.41) is 14.2. The molecule has 0 amide bonds. The third-order valence-electron chi connectivity index (χ3n) is 4.97. The van der Waals surface area contributed by atoms with E-state index in [9.17, 15) is 23.1 Å². The largest absolute Gasteiger partial charge is 0.508 e. The van der Waals surface area contributed by atoms with Crippen molar-refractivity contribution in [3.8, 4) is 11.4 Å². The minimum atomic E-state index is -4.39. The Bertz CT molecular complexity index is 1050. The molecule has 0 atom stereocenters. The number of ketones is 1. The quantitative estimate of drug-likeness (QED) is 0.513. The lowest BCUT2D eigenvalue weighted by Crippen LogP contribution is -2.05. The van der Waals surface area contributed by atoms with Crippen molar-refractivity contribution in [2.45, 2.75) is 45.7 Å². The van der Waals surface area contributed by atoms with Gasteiger partial charge in [0, 0.05) is 18.2 Å². The van der Waals surface area contributed by atoms with Crippen LogP contribution in [0.5, 0.6) is 5.75 Å². The van der Waals surface area contributed by atoms with Crippen molar-refractivity contribution >= 4 is 5.78 Å². The fraction of sp³-hybridized carbons (Fsp3) is 0.304. The van der Waals surface area contributed by atoms with Crippen molar-refractivity contribution in [1.82, 2.24) is 9.78 Å². The van der Waals surface area contributed by atoms with Gasteiger partial charge in [-0.25, -0.2) is 4.68 Å². The minimum absolute atomic E-state index is 0.0462. The Morgan fingerprint density at radius 3 is 2.37 bits per heavy atom. The van der Waals surface area contributed by atoms with Gasteiger partial charge in [0.25, 0.3) is 0 Å². The molecule has 3 rings (SSSR count). The van der Waals surface area contributed by atoms with Crippen LogP contribution < -0.4 is 0 Å². The van der Waals surface area contributed by atoms with Gasteiger partial charge in [-0.3, -0.25) is 4.79 Å². The SMILES string of the molecule is Cc1cc(C(=O)CCc2cn(-c3ccc(C(F)(F)F)cc3)nc2C(C)C)ccc1O. The van der Waals surface area contributed by atoms with E-state index in [0.29, 0.717) is 23.2 Å². The number of nitrogens with zero attached hydrogens (tertiary/aromatic N) is 2. The normalized spacial score (nSPS) is 11.8. The number of benzene rings is 2. The zero-order chi connectivity index (χ0) is 22.1. The van der Waals surface area contributed by atoms with E-state index in [2.05, 4.69) is 5.10 Å². The number of hydrogen-bond acceptors (Lipinski definition) is 3. The van der Waals surface area contributed by atoms with Crippen LogP contribution in [0.15, 0.2) is 48.7 Å². The van der Waals surface area contributed by atoms with Gasteiger partial charge < -0.3 is 5.11 Å². The number of phenolic OH excluding ortho intramolecular Hbond substituents is 1. The average Bonchev–Trinajstić information content (AvgIpc) is 3.12. The van der Waals surface area contributed by atoms with Crippen LogP contribution >= 0.6 is 0 Å². The predicted octanol–water partition coefficient (Wildman–Crippen LogP) is 5.84. The number of aromatic nitrogens is 2. The second kappa shape index (κ2) is 8.34. The molecule has 0 unspecified atom stereocenters. The number of Topliss-reactive ketones (excluding diaryl/α,β-unsaturated/α-hetero) is 1. The van der Waals surface area contributed by atoms with Crippen LogP contribution in [0.1, 0.15) is 58.9 Å². The van der Waals surface area contributed by atoms with Gasteiger partial charge in [-0.1, -0.05) is 13.8 Å². The van der Waals surface area contributed by atoms with Crippen LogP contribution in [-0.2, 0) is 12.6 Å². The van der Waals surface area contributed by atoms with E-state index >= 15 is 0 Å². The molecule has 0 aliphatic heterocycles. The van der Waals surface area contributed by atoms with Gasteiger partial charge >= 0.3 is 6.18 Å². The van der Waals surface area contributed by atoms with Gasteiger partial charge in [-0.05, 0) is 72.9 Å². The molecule has 1 N–H and O–H groups in total. The van der Waals surface area contributed by atoms with Crippen molar-refractivity contribution in [2.75, 3.05) is 0 Å². The van der Waals surface area contributed by atoms with E-state index < -0.39 is 11.7 Å². The summed E-state index contributed by atoms with van der Waals surface area (Å²) in [6.45, 7) is 5.69. The van der Waals surface area contributed by atoms with E-state index in [0.717, 1.165) is 23.4 Å². The molecule has 158 valence electrons. The molecule has 7 heteroatoms. The molecule has 0 aliphatic rings. The third-order valence-corrected chi connectivity index (χ3v) is 4.97. The molecule has 4 nitrogen and oxygen atoms in total. The number of rotatable bonds is 6. The monoisotopic (exact) mass is 416 g/mol. The molecule has 0 bridgehead atoms. The maximum Gasteiger partial charge on any atom is 0.416 e. The molecule has 1 heterocycles. The highest BCUT2D eigenvalue weighted by Gasteiger charge is 2.30. The van der Waals surface area contributed by atoms with Crippen molar-refractivity contribution in [3.05, 3.63) is 76.6 Å². The summed E-state index contributed by atoms with van der Waals surface area (Å²) in [4.78, 5) is 12.6. The predicted molar refractivity (Wildman–Crippen MR) is 108 cm³/mol. The Morgan fingerprint density at radius 1 is 1.13 bits per heavy atom. The molecular formula is C23H23F3N2O2. The summed E-state index contributed by atoms with van der Waals surface area (Å²) >= 11 is 0. The summed E-state index contributed by atoms with van der Waals surface area (Å²) in [5.41, 5.74) is 2.68. The average molecular weight is 416 g/mol. The Hall–Kier alpha value is -3.09. The Balaban J connectivity index is 1.80. The number of halogens is 3. The first kappa shape index (κ1) is 21.6. The van der Waals surface area contributed by atoms with E-state index in [1.165, 1.54) is 18.2 Å². The number of carbonyl (C=O) groups excluding carboxylic acids is 1. The number of alkyl halides is 3. The van der Waals surface area contributed by atoms with Crippen LogP contribution in [0, 0.1) is 6.92 Å². The van der Waals surface area contributed by atoms with Gasteiger partial charge in [0.2, 0.25) is 0 Å². The molecule has 0 saturated heterocycles. The molecule has 0 aliphatic carbocycles. The second-order valence-electron chi connectivity index (χ2n) is 7.61. The topological polar surface area (TPSA) is 55.1 Å². The highest BCUT2D eigenvalue weighted by molar-refractivity contribution is 5.96. The highest BCUT2D eigenvalue weighted by atomic mass is 19.4. The van der Waals surface area contributed by atoms with Crippen LogP contribution in [0.2, 0.25) is 0 Å². The molecule has 2 aromatic carbocycles. The van der Waals surface area contributed by atoms with Crippen LogP contribution in [0.4, 0.5) is 13.2 Å². The number of aromatic hydroxyl groups is 1. The summed E-state index contributed by atoms with van der Waals surface area (Å²) in [5.74, 6) is 0.197. The molecule has 0 radical (unpaired) electrons. The Morgan fingerprint density at radius 2 is 1.80 bits per heavy atom. The molecule has 3 aromatic rings. The van der Waals surface area contributed by atoms with Gasteiger partial charge in [0.05, 0.1) is 16.9 Å². The lowest BCUT2D eigenvalue weighted by Gasteiger charge is -2.07. The smallest absolute Gasteiger partial charge is 0.416 e. The van der Waals surface area contributed by atoms with Crippen molar-refractivity contribution < 1.29 is 23.1 Å². The third kappa shape index (κ3) is 4.72. The fourth-order valence-corrected chi connectivity index (χ4v) is 3.26. The van der Waals surface area contributed by atoms with Gasteiger partial charge in [0.15, 0.2) is 5.78 Å². The zero-order valence-electron chi connectivity index (χ0n) is 17.0. The van der Waals surface area contributed by atoms with E-state index in [1.807, 2.05) is 13.8 Å². The lowest BCUT2D eigenvalue weighted by molar-refractivity contribution is -0.137. The standard InChI is InChI=1S/C23H23F3N2O2/c1-14(2)22-17(5-11-21(30)16-4-10-20(29)15(3)12-16)13-28(27-22)19-8-6-18(7-9-19)23(24,25)26/h4,6-10,12-14,29H,5,11H2,1-3H3. The van der Waals surface area contributed by atoms with Crippen LogP contribution in [-0.4, -0.2) is 20.7 Å². The van der Waals surface area contributed by atoms with Crippen LogP contribution in [0.3, 0.4) is 0 Å². The number of phenols is 1. The Kier molecular flexibility index (Phi) is 6.01. The number of hydrogen-bond donors (Lipinski definition) is 1. The van der Waals surface area contributed by atoms with Gasteiger partial charge in [-0.2, -0.15) is 18.3 Å². The molecule has 30 heavy (non-hydrogen) atoms. The highest BCUT2D eigenvalue weighted by Crippen LogP contribution is 2.30. The number of aryl methyl sites for hydroxylation is 2. The van der Waals surface area contributed by atoms with E-state index in [4.69, 9.17) is 0 Å². The summed E-state index contributed by atoms with van der Waals surface area (Å²) in [7, 11) is 0. The lowest BCUT2D eigenvalue weighted by atomic mass is 9.98. The number of carbonyl (C=O) groups is 1. The Labute approximate surface area is 173 Å². The molecule has 0 saturated carbocycles.